The van der Waals surface area contributed by atoms with Gasteiger partial charge in [0.1, 0.15) is 17.7 Å². The third-order valence-corrected chi connectivity index (χ3v) is 11.1. The quantitative estimate of drug-likeness (QED) is 0.567. The minimum Gasteiger partial charge on any atom is -0.378 e. The fourth-order valence-electron chi connectivity index (χ4n) is 2.89. The lowest BCUT2D eigenvalue weighted by Gasteiger charge is -2.38. The van der Waals surface area contributed by atoms with Crippen molar-refractivity contribution in [1.29, 1.82) is 10.5 Å². The van der Waals surface area contributed by atoms with Gasteiger partial charge in [-0.2, -0.15) is 10.5 Å². The first-order valence-corrected chi connectivity index (χ1v) is 11.8. The fraction of sp³-hybridized carbons (Fsp3) is 0.364. The Balaban J connectivity index is 2.86. The standard InChI is InChI=1S/C22H27N3Si/c1-22(2,3)26(6,7)21-13-18-12-20(25(4)5)9-8-17(18)11-19(21)10-16(14-23)15-24/h8-13H,1-7H3. The zero-order valence-corrected chi connectivity index (χ0v) is 17.8. The van der Waals surface area contributed by atoms with Crippen molar-refractivity contribution >= 4 is 35.8 Å². The van der Waals surface area contributed by atoms with E-state index >= 15 is 0 Å². The summed E-state index contributed by atoms with van der Waals surface area (Å²) in [5.74, 6) is 0. The van der Waals surface area contributed by atoms with Gasteiger partial charge in [0.2, 0.25) is 0 Å². The van der Waals surface area contributed by atoms with E-state index in [0.29, 0.717) is 0 Å². The van der Waals surface area contributed by atoms with Crippen LogP contribution in [0.5, 0.6) is 0 Å². The predicted octanol–water partition coefficient (Wildman–Crippen LogP) is 5.05. The summed E-state index contributed by atoms with van der Waals surface area (Å²) in [4.78, 5) is 2.10. The Labute approximate surface area is 158 Å². The van der Waals surface area contributed by atoms with Gasteiger partial charge >= 0.3 is 0 Å². The highest BCUT2D eigenvalue weighted by atomic mass is 28.3. The second kappa shape index (κ2) is 6.98. The summed E-state index contributed by atoms with van der Waals surface area (Å²) in [6.07, 6.45) is 1.75. The molecule has 26 heavy (non-hydrogen) atoms. The number of nitrogens with zero attached hydrogens (tertiary/aromatic N) is 3. The van der Waals surface area contributed by atoms with E-state index in [1.54, 1.807) is 6.08 Å². The van der Waals surface area contributed by atoms with E-state index in [2.05, 4.69) is 69.1 Å². The van der Waals surface area contributed by atoms with Gasteiger partial charge in [0.25, 0.3) is 0 Å². The Morgan fingerprint density at radius 3 is 2.12 bits per heavy atom. The lowest BCUT2D eigenvalue weighted by molar-refractivity contribution is 0.729. The predicted molar refractivity (Wildman–Crippen MR) is 114 cm³/mol. The van der Waals surface area contributed by atoms with Crippen LogP contribution < -0.4 is 10.1 Å². The second-order valence-electron chi connectivity index (χ2n) is 8.52. The average Bonchev–Trinajstić information content (AvgIpc) is 2.57. The van der Waals surface area contributed by atoms with E-state index < -0.39 is 8.07 Å². The van der Waals surface area contributed by atoms with Gasteiger partial charge in [-0.25, -0.2) is 0 Å². The van der Waals surface area contributed by atoms with Gasteiger partial charge in [-0.3, -0.25) is 0 Å². The van der Waals surface area contributed by atoms with Gasteiger partial charge in [0.15, 0.2) is 0 Å². The normalized spacial score (nSPS) is 11.6. The Kier molecular flexibility index (Phi) is 5.30. The van der Waals surface area contributed by atoms with Gasteiger partial charge in [0, 0.05) is 19.8 Å². The summed E-state index contributed by atoms with van der Waals surface area (Å²) >= 11 is 0. The van der Waals surface area contributed by atoms with Crippen molar-refractivity contribution in [2.45, 2.75) is 38.9 Å². The van der Waals surface area contributed by atoms with Gasteiger partial charge in [-0.15, -0.1) is 0 Å². The van der Waals surface area contributed by atoms with E-state index in [0.717, 1.165) is 16.6 Å². The molecule has 0 atom stereocenters. The number of fused-ring (bicyclic) bond motifs is 1. The molecule has 2 aromatic rings. The maximum Gasteiger partial charge on any atom is 0.130 e. The van der Waals surface area contributed by atoms with Gasteiger partial charge in [-0.1, -0.05) is 51.2 Å². The molecule has 0 unspecified atom stereocenters. The van der Waals surface area contributed by atoms with E-state index in [1.165, 1.54) is 10.6 Å². The van der Waals surface area contributed by atoms with Crippen LogP contribution in [0.15, 0.2) is 35.9 Å². The minimum absolute atomic E-state index is 0.147. The van der Waals surface area contributed by atoms with Crippen LogP contribution in [0.3, 0.4) is 0 Å². The van der Waals surface area contributed by atoms with Crippen LogP contribution >= 0.6 is 0 Å². The number of hydrogen-bond donors (Lipinski definition) is 0. The summed E-state index contributed by atoms with van der Waals surface area (Å²) in [6.45, 7) is 11.6. The lowest BCUT2D eigenvalue weighted by Crippen LogP contribution is -2.50. The molecule has 0 aliphatic heterocycles. The molecular formula is C22H27N3Si. The zero-order chi connectivity index (χ0) is 19.7. The summed E-state index contributed by atoms with van der Waals surface area (Å²) in [5, 5.41) is 22.2. The van der Waals surface area contributed by atoms with Crippen molar-refractivity contribution in [2.75, 3.05) is 19.0 Å². The molecule has 0 aromatic heterocycles. The van der Waals surface area contributed by atoms with Crippen LogP contribution in [-0.4, -0.2) is 22.2 Å². The Morgan fingerprint density at radius 1 is 1.00 bits per heavy atom. The van der Waals surface area contributed by atoms with Crippen molar-refractivity contribution in [3.8, 4) is 12.1 Å². The van der Waals surface area contributed by atoms with Gasteiger partial charge in [0.05, 0.1) is 8.07 Å². The maximum atomic E-state index is 9.22. The highest BCUT2D eigenvalue weighted by molar-refractivity contribution is 6.92. The van der Waals surface area contributed by atoms with Crippen molar-refractivity contribution < 1.29 is 0 Å². The molecule has 0 fully saturated rings. The first kappa shape index (κ1) is 19.8. The average molecular weight is 362 g/mol. The molecule has 2 aromatic carbocycles. The number of allylic oxidation sites excluding steroid dienone is 1. The maximum absolute atomic E-state index is 9.22. The third kappa shape index (κ3) is 3.66. The highest BCUT2D eigenvalue weighted by Gasteiger charge is 2.38. The number of hydrogen-bond acceptors (Lipinski definition) is 3. The zero-order valence-electron chi connectivity index (χ0n) is 16.8. The SMILES string of the molecule is CN(C)c1ccc2cc(C=C(C#N)C#N)c([Si](C)(C)C(C)(C)C)cc2c1. The van der Waals surface area contributed by atoms with E-state index in [-0.39, 0.29) is 10.6 Å². The first-order valence-electron chi connectivity index (χ1n) is 8.79. The molecule has 0 amide bonds. The van der Waals surface area contributed by atoms with Gasteiger partial charge in [-0.05, 0) is 45.6 Å². The molecule has 0 spiro atoms. The van der Waals surface area contributed by atoms with E-state index in [9.17, 15) is 10.5 Å². The molecule has 0 N–H and O–H groups in total. The van der Waals surface area contributed by atoms with Crippen LogP contribution in [0.4, 0.5) is 5.69 Å². The highest BCUT2D eigenvalue weighted by Crippen LogP contribution is 2.37. The number of rotatable bonds is 3. The van der Waals surface area contributed by atoms with Crippen molar-refractivity contribution in [2.24, 2.45) is 0 Å². The van der Waals surface area contributed by atoms with Crippen LogP contribution in [0.2, 0.25) is 18.1 Å². The Morgan fingerprint density at radius 2 is 1.62 bits per heavy atom. The molecule has 0 saturated carbocycles. The van der Waals surface area contributed by atoms with Crippen LogP contribution in [0.25, 0.3) is 16.8 Å². The van der Waals surface area contributed by atoms with Crippen molar-refractivity contribution in [3.63, 3.8) is 0 Å². The first-order chi connectivity index (χ1) is 12.0. The summed E-state index contributed by atoms with van der Waals surface area (Å²) in [7, 11) is 2.22. The van der Waals surface area contributed by atoms with Crippen LogP contribution in [-0.2, 0) is 0 Å². The lowest BCUT2D eigenvalue weighted by atomic mass is 10.0. The Bertz CT molecular complexity index is 932. The van der Waals surface area contributed by atoms with Crippen LogP contribution in [0, 0.1) is 22.7 Å². The number of benzene rings is 2. The topological polar surface area (TPSA) is 50.8 Å². The molecule has 0 saturated heterocycles. The molecule has 0 aliphatic carbocycles. The van der Waals surface area contributed by atoms with E-state index in [4.69, 9.17) is 0 Å². The second-order valence-corrected chi connectivity index (χ2v) is 13.8. The largest absolute Gasteiger partial charge is 0.378 e. The molecule has 3 nitrogen and oxygen atoms in total. The van der Waals surface area contributed by atoms with Crippen LogP contribution in [0.1, 0.15) is 26.3 Å². The van der Waals surface area contributed by atoms with Crippen molar-refractivity contribution in [3.05, 3.63) is 41.5 Å². The number of nitriles is 2. The van der Waals surface area contributed by atoms with Gasteiger partial charge < -0.3 is 4.90 Å². The minimum atomic E-state index is -1.86. The monoisotopic (exact) mass is 361 g/mol. The van der Waals surface area contributed by atoms with Crippen molar-refractivity contribution in [1.82, 2.24) is 0 Å². The summed E-state index contributed by atoms with van der Waals surface area (Å²) in [5.41, 5.74) is 2.31. The molecule has 0 radical (unpaired) electrons. The summed E-state index contributed by atoms with van der Waals surface area (Å²) in [6, 6.07) is 14.8. The Hall–Kier alpha value is -2.56. The molecule has 0 bridgehead atoms. The molecule has 4 heteroatoms. The molecular weight excluding hydrogens is 334 g/mol. The molecule has 2 rings (SSSR count). The molecule has 0 aliphatic rings. The fourth-order valence-corrected chi connectivity index (χ4v) is 5.08. The third-order valence-electron chi connectivity index (χ3n) is 5.60. The number of anilines is 1. The molecule has 0 heterocycles. The van der Waals surface area contributed by atoms with E-state index in [1.807, 2.05) is 26.2 Å². The summed E-state index contributed by atoms with van der Waals surface area (Å²) < 4.78 is 0. The smallest absolute Gasteiger partial charge is 0.130 e. The molecule has 134 valence electrons.